The molecule has 0 radical (unpaired) electrons. The summed E-state index contributed by atoms with van der Waals surface area (Å²) < 4.78 is 1.46. The number of H-pyrrole nitrogens is 1. The molecule has 1 aromatic heterocycles. The second-order valence-corrected chi connectivity index (χ2v) is 11.4. The molecular weight excluding hydrogens is 458 g/mol. The Kier molecular flexibility index (Phi) is 22.9. The fraction of sp³-hybridized carbons (Fsp3) is 0.906. The second kappa shape index (κ2) is 25.1. The van der Waals surface area contributed by atoms with E-state index in [-0.39, 0.29) is 11.6 Å². The summed E-state index contributed by atoms with van der Waals surface area (Å²) in [7, 11) is 0. The molecule has 37 heavy (non-hydrogen) atoms. The molecule has 0 unspecified atom stereocenters. The van der Waals surface area contributed by atoms with E-state index in [2.05, 4.69) is 23.7 Å². The summed E-state index contributed by atoms with van der Waals surface area (Å²) in [6.45, 7) is 7.06. The van der Waals surface area contributed by atoms with Crippen molar-refractivity contribution >= 4 is 0 Å². The summed E-state index contributed by atoms with van der Waals surface area (Å²) in [5.74, 6) is 0.0411. The largest absolute Gasteiger partial charge is 0.493 e. The molecule has 0 spiro atoms. The molecule has 0 aliphatic rings. The van der Waals surface area contributed by atoms with Crippen LogP contribution in [0.25, 0.3) is 0 Å². The minimum Gasteiger partial charge on any atom is -0.493 e. The van der Waals surface area contributed by atoms with Gasteiger partial charge in [0.25, 0.3) is 0 Å². The Morgan fingerprint density at radius 3 is 1.22 bits per heavy atom. The van der Waals surface area contributed by atoms with E-state index in [1.165, 1.54) is 165 Å². The number of rotatable bonds is 28. The van der Waals surface area contributed by atoms with Crippen molar-refractivity contribution in [2.75, 3.05) is 13.1 Å². The molecule has 0 aliphatic carbocycles. The van der Waals surface area contributed by atoms with Crippen molar-refractivity contribution in [2.45, 2.75) is 175 Å². The zero-order valence-corrected chi connectivity index (χ0v) is 24.9. The molecule has 1 aromatic rings. The number of aromatic hydroxyl groups is 1. The lowest BCUT2D eigenvalue weighted by Gasteiger charge is -2.22. The fourth-order valence-electron chi connectivity index (χ4n) is 5.33. The van der Waals surface area contributed by atoms with Gasteiger partial charge in [0, 0.05) is 0 Å². The molecule has 0 saturated carbocycles. The topological polar surface area (TPSA) is 61.3 Å². The Hall–Kier alpha value is -1.23. The Bertz CT molecular complexity index is 627. The number of hydrogen-bond acceptors (Lipinski definition) is 3. The van der Waals surface area contributed by atoms with Crippen LogP contribution in [0.4, 0.5) is 0 Å². The van der Waals surface area contributed by atoms with Crippen molar-refractivity contribution in [3.63, 3.8) is 0 Å². The highest BCUT2D eigenvalue weighted by Gasteiger charge is 2.11. The summed E-state index contributed by atoms with van der Waals surface area (Å²) in [4.78, 5) is 17.0. The van der Waals surface area contributed by atoms with E-state index >= 15 is 0 Å². The third-order valence-corrected chi connectivity index (χ3v) is 7.84. The van der Waals surface area contributed by atoms with E-state index < -0.39 is 0 Å². The SMILES string of the molecule is CCCCCCCCCCCCCCN(CCCCCCCCCCCCCC)Cn1c(O)c[nH]c1=O. The number of hydrogen-bond donors (Lipinski definition) is 2. The molecule has 1 rings (SSSR count). The maximum atomic E-state index is 12.0. The van der Waals surface area contributed by atoms with E-state index in [1.54, 1.807) is 0 Å². The van der Waals surface area contributed by atoms with Gasteiger partial charge in [-0.25, -0.2) is 9.36 Å². The first-order valence-corrected chi connectivity index (χ1v) is 16.4. The highest BCUT2D eigenvalue weighted by atomic mass is 16.3. The lowest BCUT2D eigenvalue weighted by molar-refractivity contribution is 0.196. The molecule has 0 aromatic carbocycles. The van der Waals surface area contributed by atoms with Gasteiger partial charge in [-0.15, -0.1) is 0 Å². The lowest BCUT2D eigenvalue weighted by Crippen LogP contribution is -2.32. The minimum atomic E-state index is -0.216. The predicted molar refractivity (Wildman–Crippen MR) is 160 cm³/mol. The van der Waals surface area contributed by atoms with Crippen molar-refractivity contribution in [1.29, 1.82) is 0 Å². The number of aromatic amines is 1. The van der Waals surface area contributed by atoms with Crippen LogP contribution in [0.3, 0.4) is 0 Å². The predicted octanol–water partition coefficient (Wildman–Crippen LogP) is 9.54. The highest BCUT2D eigenvalue weighted by Crippen LogP contribution is 2.15. The van der Waals surface area contributed by atoms with Crippen LogP contribution in [-0.2, 0) is 6.67 Å². The first kappa shape index (κ1) is 33.8. The molecule has 2 N–H and O–H groups in total. The quantitative estimate of drug-likeness (QED) is 0.108. The summed E-state index contributed by atoms with van der Waals surface area (Å²) in [6.07, 6.45) is 33.9. The number of imidazole rings is 1. The van der Waals surface area contributed by atoms with Crippen molar-refractivity contribution in [2.24, 2.45) is 0 Å². The van der Waals surface area contributed by atoms with Gasteiger partial charge in [-0.05, 0) is 25.9 Å². The van der Waals surface area contributed by atoms with Crippen LogP contribution >= 0.6 is 0 Å². The van der Waals surface area contributed by atoms with Gasteiger partial charge in [-0.2, -0.15) is 0 Å². The average Bonchev–Trinajstić information content (AvgIpc) is 3.21. The summed E-state index contributed by atoms with van der Waals surface area (Å²) >= 11 is 0. The summed E-state index contributed by atoms with van der Waals surface area (Å²) in [6, 6.07) is 0. The lowest BCUT2D eigenvalue weighted by atomic mass is 10.0. The van der Waals surface area contributed by atoms with Gasteiger partial charge in [-0.3, -0.25) is 4.90 Å². The van der Waals surface area contributed by atoms with Gasteiger partial charge in [0.15, 0.2) is 0 Å². The molecule has 218 valence electrons. The monoisotopic (exact) mass is 521 g/mol. The molecular formula is C32H63N3O2. The fourth-order valence-corrected chi connectivity index (χ4v) is 5.33. The number of nitrogens with one attached hydrogen (secondary N) is 1. The first-order chi connectivity index (χ1) is 18.2. The Labute approximate surface area is 229 Å². The van der Waals surface area contributed by atoms with Crippen molar-refractivity contribution in [1.82, 2.24) is 14.5 Å². The zero-order valence-electron chi connectivity index (χ0n) is 24.9. The van der Waals surface area contributed by atoms with Crippen LogP contribution in [0.1, 0.15) is 168 Å². The van der Waals surface area contributed by atoms with Gasteiger partial charge in [0.1, 0.15) is 0 Å². The first-order valence-electron chi connectivity index (χ1n) is 16.4. The number of nitrogens with zero attached hydrogens (tertiary/aromatic N) is 2. The smallest absolute Gasteiger partial charge is 0.329 e. The molecule has 0 aliphatic heterocycles. The third-order valence-electron chi connectivity index (χ3n) is 7.84. The molecule has 5 heteroatoms. The van der Waals surface area contributed by atoms with Crippen LogP contribution in [-0.4, -0.2) is 32.6 Å². The zero-order chi connectivity index (χ0) is 26.8. The highest BCUT2D eigenvalue weighted by molar-refractivity contribution is 5.02. The van der Waals surface area contributed by atoms with Gasteiger partial charge < -0.3 is 10.1 Å². The van der Waals surface area contributed by atoms with Gasteiger partial charge in [0.2, 0.25) is 5.88 Å². The van der Waals surface area contributed by atoms with E-state index in [0.29, 0.717) is 6.67 Å². The van der Waals surface area contributed by atoms with Crippen LogP contribution in [0, 0.1) is 0 Å². The van der Waals surface area contributed by atoms with E-state index in [1.807, 2.05) is 0 Å². The van der Waals surface area contributed by atoms with E-state index in [9.17, 15) is 9.90 Å². The minimum absolute atomic E-state index is 0.0411. The van der Waals surface area contributed by atoms with Crippen LogP contribution in [0.2, 0.25) is 0 Å². The van der Waals surface area contributed by atoms with Crippen LogP contribution < -0.4 is 5.69 Å². The van der Waals surface area contributed by atoms with Gasteiger partial charge in [0.05, 0.1) is 12.9 Å². The molecule has 0 amide bonds. The van der Waals surface area contributed by atoms with Crippen molar-refractivity contribution in [3.05, 3.63) is 16.7 Å². The molecule has 0 fully saturated rings. The maximum Gasteiger partial charge on any atom is 0.329 e. The molecule has 1 heterocycles. The summed E-state index contributed by atoms with van der Waals surface area (Å²) in [5, 5.41) is 10.0. The Morgan fingerprint density at radius 2 is 0.919 bits per heavy atom. The van der Waals surface area contributed by atoms with E-state index in [0.717, 1.165) is 13.1 Å². The standard InChI is InChI=1S/C32H63N3O2/c1-3-5-7-9-11-13-15-17-19-21-23-25-27-34(30-35-31(36)29-33-32(35)37)28-26-24-22-20-18-16-14-12-10-8-6-4-2/h29,36H,3-28,30H2,1-2H3,(H,33,37). The van der Waals surface area contributed by atoms with Gasteiger partial charge >= 0.3 is 5.69 Å². The van der Waals surface area contributed by atoms with Crippen molar-refractivity contribution in [3.8, 4) is 5.88 Å². The molecule has 0 bridgehead atoms. The molecule has 0 saturated heterocycles. The Morgan fingerprint density at radius 1 is 0.595 bits per heavy atom. The average molecular weight is 522 g/mol. The normalized spacial score (nSPS) is 11.6. The summed E-state index contributed by atoms with van der Waals surface area (Å²) in [5.41, 5.74) is -0.216. The van der Waals surface area contributed by atoms with Gasteiger partial charge in [-0.1, -0.05) is 155 Å². The van der Waals surface area contributed by atoms with E-state index in [4.69, 9.17) is 0 Å². The van der Waals surface area contributed by atoms with Crippen LogP contribution in [0.5, 0.6) is 5.88 Å². The maximum absolute atomic E-state index is 12.0. The number of unbranched alkanes of at least 4 members (excludes halogenated alkanes) is 22. The van der Waals surface area contributed by atoms with Crippen molar-refractivity contribution < 1.29 is 5.11 Å². The second-order valence-electron chi connectivity index (χ2n) is 11.4. The number of aromatic nitrogens is 2. The Balaban J connectivity index is 2.14. The molecule has 5 nitrogen and oxygen atoms in total. The molecule has 0 atom stereocenters. The van der Waals surface area contributed by atoms with Crippen LogP contribution in [0.15, 0.2) is 11.0 Å². The third kappa shape index (κ3) is 19.5.